The van der Waals surface area contributed by atoms with Gasteiger partial charge in [0.15, 0.2) is 0 Å². The average molecular weight is 321 g/mol. The molecular weight excluding hydrogens is 307 g/mol. The molecule has 0 aliphatic heterocycles. The van der Waals surface area contributed by atoms with Gasteiger partial charge in [0.25, 0.3) is 0 Å². The molecule has 0 amide bonds. The molecule has 0 saturated carbocycles. The van der Waals surface area contributed by atoms with E-state index in [0.29, 0.717) is 0 Å². The Balaban J connectivity index is 2.13. The van der Waals surface area contributed by atoms with Crippen LogP contribution in [0.2, 0.25) is 5.02 Å². The zero-order valence-corrected chi connectivity index (χ0v) is 13.6. The molecule has 0 saturated heterocycles. The Labute approximate surface area is 133 Å². The quantitative estimate of drug-likeness (QED) is 0.473. The lowest BCUT2D eigenvalue weighted by Crippen LogP contribution is -1.96. The van der Waals surface area contributed by atoms with Crippen molar-refractivity contribution >= 4 is 44.6 Å². The summed E-state index contributed by atoms with van der Waals surface area (Å²) in [6.45, 7) is 4.15. The Bertz CT molecular complexity index is 774. The molecule has 1 aromatic heterocycles. The number of fused-ring (bicyclic) bond motifs is 1. The van der Waals surface area contributed by atoms with Crippen molar-refractivity contribution < 1.29 is 0 Å². The van der Waals surface area contributed by atoms with Gasteiger partial charge in [0.1, 0.15) is 0 Å². The molecule has 0 aliphatic carbocycles. The van der Waals surface area contributed by atoms with Gasteiger partial charge in [-0.05, 0) is 59.0 Å². The summed E-state index contributed by atoms with van der Waals surface area (Å²) < 4.78 is 1.26. The summed E-state index contributed by atoms with van der Waals surface area (Å²) in [4.78, 5) is 0. The second-order valence-corrected chi connectivity index (χ2v) is 6.76. The number of aryl methyl sites for hydroxylation is 2. The van der Waals surface area contributed by atoms with E-state index in [2.05, 4.69) is 43.5 Å². The second kappa shape index (κ2) is 5.40. The molecule has 0 N–H and O–H groups in total. The van der Waals surface area contributed by atoms with E-state index >= 15 is 0 Å². The van der Waals surface area contributed by atoms with Gasteiger partial charge in [-0.2, -0.15) is 0 Å². The molecule has 1 heterocycles. The Morgan fingerprint density at radius 1 is 1.00 bits per heavy atom. The first-order valence-corrected chi connectivity index (χ1v) is 8.14. The van der Waals surface area contributed by atoms with Crippen molar-refractivity contribution in [3.63, 3.8) is 0 Å². The van der Waals surface area contributed by atoms with Gasteiger partial charge in [-0.15, -0.1) is 22.9 Å². The molecule has 20 heavy (non-hydrogen) atoms. The maximum Gasteiger partial charge on any atom is 0.0863 e. The first-order valence-electron chi connectivity index (χ1n) is 6.45. The van der Waals surface area contributed by atoms with Crippen LogP contribution in [-0.2, 0) is 0 Å². The Hall–Kier alpha value is -1.02. The molecule has 0 bridgehead atoms. The maximum atomic E-state index is 6.70. The summed E-state index contributed by atoms with van der Waals surface area (Å²) in [7, 11) is 0. The summed E-state index contributed by atoms with van der Waals surface area (Å²) in [5.41, 5.74) is 4.53. The van der Waals surface area contributed by atoms with Gasteiger partial charge in [-0.1, -0.05) is 35.9 Å². The van der Waals surface area contributed by atoms with Crippen molar-refractivity contribution in [2.75, 3.05) is 0 Å². The van der Waals surface area contributed by atoms with E-state index in [9.17, 15) is 0 Å². The van der Waals surface area contributed by atoms with E-state index in [4.69, 9.17) is 23.2 Å². The average Bonchev–Trinajstić information content (AvgIpc) is 2.86. The van der Waals surface area contributed by atoms with Crippen molar-refractivity contribution in [1.82, 2.24) is 0 Å². The van der Waals surface area contributed by atoms with E-state index < -0.39 is 0 Å². The van der Waals surface area contributed by atoms with Gasteiger partial charge in [-0.3, -0.25) is 0 Å². The van der Waals surface area contributed by atoms with Crippen LogP contribution < -0.4 is 0 Å². The van der Waals surface area contributed by atoms with Gasteiger partial charge >= 0.3 is 0 Å². The number of halogens is 2. The van der Waals surface area contributed by atoms with Gasteiger partial charge in [-0.25, -0.2) is 0 Å². The topological polar surface area (TPSA) is 0 Å². The molecule has 1 atom stereocenters. The van der Waals surface area contributed by atoms with Gasteiger partial charge in [0.2, 0.25) is 0 Å². The van der Waals surface area contributed by atoms with Crippen LogP contribution in [0.25, 0.3) is 10.1 Å². The molecule has 0 radical (unpaired) electrons. The van der Waals surface area contributed by atoms with Crippen molar-refractivity contribution in [2.24, 2.45) is 0 Å². The minimum atomic E-state index is -0.210. The third kappa shape index (κ3) is 2.35. The highest BCUT2D eigenvalue weighted by Crippen LogP contribution is 2.40. The first-order chi connectivity index (χ1) is 9.58. The Morgan fingerprint density at radius 3 is 2.50 bits per heavy atom. The predicted molar refractivity (Wildman–Crippen MR) is 90.4 cm³/mol. The van der Waals surface area contributed by atoms with Gasteiger partial charge in [0, 0.05) is 9.72 Å². The van der Waals surface area contributed by atoms with Crippen LogP contribution in [0.1, 0.15) is 27.6 Å². The minimum absolute atomic E-state index is 0.210. The molecule has 0 fully saturated rings. The fourth-order valence-electron chi connectivity index (χ4n) is 2.36. The summed E-state index contributed by atoms with van der Waals surface area (Å²) in [5, 5.41) is 3.88. The molecule has 0 spiro atoms. The molecule has 2 aromatic carbocycles. The summed E-state index contributed by atoms with van der Waals surface area (Å²) in [5.74, 6) is 0. The first kappa shape index (κ1) is 13.9. The summed E-state index contributed by atoms with van der Waals surface area (Å²) >= 11 is 14.8. The lowest BCUT2D eigenvalue weighted by molar-refractivity contribution is 1.15. The maximum absolute atomic E-state index is 6.70. The molecular formula is C17H14Cl2S. The summed E-state index contributed by atoms with van der Waals surface area (Å²) in [6, 6.07) is 12.4. The molecule has 3 aromatic rings. The number of rotatable bonds is 2. The van der Waals surface area contributed by atoms with Crippen LogP contribution in [0.4, 0.5) is 0 Å². The van der Waals surface area contributed by atoms with Crippen molar-refractivity contribution in [3.05, 3.63) is 69.1 Å². The lowest BCUT2D eigenvalue weighted by Gasteiger charge is -2.14. The SMILES string of the molecule is Cc1cc(Cl)c(C(Cl)c2csc3ccccc23)cc1C. The Morgan fingerprint density at radius 2 is 1.70 bits per heavy atom. The standard InChI is InChI=1S/C17H14Cl2S/c1-10-7-13(15(18)8-11(10)2)17(19)14-9-20-16-6-4-3-5-12(14)16/h3-9,17H,1-2H3. The third-order valence-corrected chi connectivity index (χ3v) is 5.45. The monoisotopic (exact) mass is 320 g/mol. The normalized spacial score (nSPS) is 12.8. The summed E-state index contributed by atoms with van der Waals surface area (Å²) in [6.07, 6.45) is 0. The van der Waals surface area contributed by atoms with E-state index in [1.54, 1.807) is 11.3 Å². The molecule has 102 valence electrons. The number of benzene rings is 2. The predicted octanol–water partition coefficient (Wildman–Crippen LogP) is 6.50. The fraction of sp³-hybridized carbons (Fsp3) is 0.176. The highest BCUT2D eigenvalue weighted by atomic mass is 35.5. The zero-order chi connectivity index (χ0) is 14.3. The van der Waals surface area contributed by atoms with Gasteiger partial charge < -0.3 is 0 Å². The van der Waals surface area contributed by atoms with Gasteiger partial charge in [0.05, 0.1) is 5.38 Å². The molecule has 3 heteroatoms. The molecule has 1 unspecified atom stereocenters. The largest absolute Gasteiger partial charge is 0.143 e. The van der Waals surface area contributed by atoms with Crippen molar-refractivity contribution in [2.45, 2.75) is 19.2 Å². The number of hydrogen-bond acceptors (Lipinski definition) is 1. The van der Waals surface area contributed by atoms with E-state index in [0.717, 1.165) is 16.1 Å². The third-order valence-electron chi connectivity index (χ3n) is 3.67. The lowest BCUT2D eigenvalue weighted by atomic mass is 9.99. The van der Waals surface area contributed by atoms with E-state index in [1.807, 2.05) is 12.1 Å². The number of hydrogen-bond donors (Lipinski definition) is 0. The molecule has 0 aliphatic rings. The number of thiophene rings is 1. The number of alkyl halides is 1. The fourth-order valence-corrected chi connectivity index (χ4v) is 4.17. The minimum Gasteiger partial charge on any atom is -0.143 e. The van der Waals surface area contributed by atoms with E-state index in [-0.39, 0.29) is 5.38 Å². The van der Waals surface area contributed by atoms with E-state index in [1.165, 1.54) is 21.2 Å². The van der Waals surface area contributed by atoms with Crippen LogP contribution >= 0.6 is 34.5 Å². The van der Waals surface area contributed by atoms with Crippen molar-refractivity contribution in [3.8, 4) is 0 Å². The van der Waals surface area contributed by atoms with Crippen molar-refractivity contribution in [1.29, 1.82) is 0 Å². The Kier molecular flexibility index (Phi) is 3.76. The van der Waals surface area contributed by atoms with Crippen LogP contribution in [-0.4, -0.2) is 0 Å². The molecule has 0 nitrogen and oxygen atoms in total. The second-order valence-electron chi connectivity index (χ2n) is 5.01. The highest BCUT2D eigenvalue weighted by molar-refractivity contribution is 7.17. The van der Waals surface area contributed by atoms with Crippen LogP contribution in [0.5, 0.6) is 0 Å². The van der Waals surface area contributed by atoms with Crippen LogP contribution in [0.15, 0.2) is 41.8 Å². The smallest absolute Gasteiger partial charge is 0.0863 e. The van der Waals surface area contributed by atoms with Crippen LogP contribution in [0.3, 0.4) is 0 Å². The zero-order valence-electron chi connectivity index (χ0n) is 11.3. The highest BCUT2D eigenvalue weighted by Gasteiger charge is 2.18. The van der Waals surface area contributed by atoms with Crippen LogP contribution in [0, 0.1) is 13.8 Å². The molecule has 3 rings (SSSR count).